The van der Waals surface area contributed by atoms with E-state index in [4.69, 9.17) is 9.47 Å². The van der Waals surface area contributed by atoms with E-state index >= 15 is 0 Å². The average Bonchev–Trinajstić information content (AvgIpc) is 2.69. The van der Waals surface area contributed by atoms with Crippen LogP contribution in [0.2, 0.25) is 0 Å². The zero-order valence-corrected chi connectivity index (χ0v) is 18.7. The summed E-state index contributed by atoms with van der Waals surface area (Å²) in [6.07, 6.45) is -0.434. The molecule has 0 aromatic heterocycles. The van der Waals surface area contributed by atoms with Crippen molar-refractivity contribution in [3.8, 4) is 11.5 Å². The Labute approximate surface area is 181 Å². The second-order valence-corrected chi connectivity index (χ2v) is 7.85. The molecule has 8 nitrogen and oxygen atoms in total. The van der Waals surface area contributed by atoms with E-state index in [-0.39, 0.29) is 6.04 Å². The minimum absolute atomic E-state index is 0.167. The highest BCUT2D eigenvalue weighted by atomic mass is 32.2. The summed E-state index contributed by atoms with van der Waals surface area (Å²) in [5, 5.41) is 0. The summed E-state index contributed by atoms with van der Waals surface area (Å²) in [5.74, 6) is 0.756. The number of benzene rings is 2. The summed E-state index contributed by atoms with van der Waals surface area (Å²) in [4.78, 5) is 26.6. The molecule has 0 saturated carbocycles. The van der Waals surface area contributed by atoms with Crippen molar-refractivity contribution in [2.45, 2.75) is 19.5 Å². The molecule has 30 heavy (non-hydrogen) atoms. The number of hydrogen-bond donors (Lipinski definition) is 2. The molecular weight excluding hydrogens is 404 g/mol. The van der Waals surface area contributed by atoms with E-state index in [1.165, 1.54) is 12.1 Å². The minimum Gasteiger partial charge on any atom is -0.429 e. The fraction of sp³-hybridized carbons (Fsp3) is 0.333. The maximum atomic E-state index is 12.5. The minimum atomic E-state index is -0.434. The summed E-state index contributed by atoms with van der Waals surface area (Å²) in [7, 11) is 7.83. The van der Waals surface area contributed by atoms with Gasteiger partial charge in [0.05, 0.1) is 6.04 Å². The van der Waals surface area contributed by atoms with Gasteiger partial charge in [-0.2, -0.15) is 0 Å². The summed E-state index contributed by atoms with van der Waals surface area (Å²) in [6.45, 7) is 2.71. The zero-order chi connectivity index (χ0) is 22.1. The number of amides is 1. The molecule has 0 aliphatic carbocycles. The lowest BCUT2D eigenvalue weighted by Gasteiger charge is -2.34. The van der Waals surface area contributed by atoms with Crippen molar-refractivity contribution in [1.82, 2.24) is 14.5 Å². The monoisotopic (exact) mass is 432 g/mol. The van der Waals surface area contributed by atoms with Crippen LogP contribution in [0.3, 0.4) is 0 Å². The van der Waals surface area contributed by atoms with Crippen LogP contribution in [0.15, 0.2) is 42.5 Å². The number of nitrogens with zero attached hydrogens (tertiary/aromatic N) is 2. The topological polar surface area (TPSA) is 83.1 Å². The number of nitrogens with one attached hydrogen (secondary N) is 2. The van der Waals surface area contributed by atoms with Crippen LogP contribution >= 0.6 is 12.1 Å². The maximum Gasteiger partial charge on any atom is 0.416 e. The van der Waals surface area contributed by atoms with Crippen LogP contribution in [0.1, 0.15) is 24.1 Å². The molecule has 0 radical (unpaired) electrons. The first-order valence-corrected chi connectivity index (χ1v) is 10.2. The third-order valence-corrected chi connectivity index (χ3v) is 4.61. The first-order valence-electron chi connectivity index (χ1n) is 9.36. The molecule has 0 fully saturated rings. The molecule has 1 aliphatic heterocycles. The van der Waals surface area contributed by atoms with Crippen LogP contribution in [-0.2, 0) is 11.3 Å². The fourth-order valence-electron chi connectivity index (χ4n) is 2.80. The van der Waals surface area contributed by atoms with Gasteiger partial charge in [-0.3, -0.25) is 9.69 Å². The lowest BCUT2D eigenvalue weighted by molar-refractivity contribution is -0.120. The van der Waals surface area contributed by atoms with Crippen LogP contribution in [0.5, 0.6) is 11.5 Å². The summed E-state index contributed by atoms with van der Waals surface area (Å²) in [5.41, 5.74) is 2.79. The summed E-state index contributed by atoms with van der Waals surface area (Å²) >= 11 is 1.37. The van der Waals surface area contributed by atoms with Gasteiger partial charge in [-0.1, -0.05) is 12.1 Å². The Balaban J connectivity index is 0.000000735. The van der Waals surface area contributed by atoms with Crippen LogP contribution in [-0.4, -0.2) is 50.6 Å². The van der Waals surface area contributed by atoms with Crippen LogP contribution in [0.25, 0.3) is 0 Å². The molecule has 1 heterocycles. The van der Waals surface area contributed by atoms with Crippen LogP contribution in [0.4, 0.5) is 10.5 Å². The summed E-state index contributed by atoms with van der Waals surface area (Å²) in [6, 6.07) is 12.7. The van der Waals surface area contributed by atoms with Crippen molar-refractivity contribution in [3.63, 3.8) is 0 Å². The lowest BCUT2D eigenvalue weighted by atomic mass is 10.0. The molecule has 1 unspecified atom stereocenters. The van der Waals surface area contributed by atoms with E-state index in [9.17, 15) is 9.59 Å². The Morgan fingerprint density at radius 3 is 2.63 bits per heavy atom. The Kier molecular flexibility index (Phi) is 8.97. The van der Waals surface area contributed by atoms with Gasteiger partial charge in [0, 0.05) is 36.0 Å². The molecular formula is C21H28N4O4S. The second-order valence-electron chi connectivity index (χ2n) is 7.04. The summed E-state index contributed by atoms with van der Waals surface area (Å²) < 4.78 is 16.3. The van der Waals surface area contributed by atoms with Gasteiger partial charge in [0.1, 0.15) is 11.5 Å². The van der Waals surface area contributed by atoms with Gasteiger partial charge in [-0.15, -0.1) is 0 Å². The third-order valence-electron chi connectivity index (χ3n) is 4.07. The SMILES string of the molecule is CN(C)C.CNSNc1cccc(CN2C(=O)Oc3cc(OC=O)ccc3C2C)c1. The molecule has 0 bridgehead atoms. The van der Waals surface area contributed by atoms with Gasteiger partial charge < -0.3 is 19.1 Å². The molecule has 1 atom stereocenters. The van der Waals surface area contributed by atoms with E-state index in [0.29, 0.717) is 24.5 Å². The van der Waals surface area contributed by atoms with Crippen molar-refractivity contribution in [2.75, 3.05) is 32.9 Å². The molecule has 2 aromatic rings. The normalized spacial score (nSPS) is 14.9. The molecule has 2 aromatic carbocycles. The van der Waals surface area contributed by atoms with E-state index in [0.717, 1.165) is 16.8 Å². The predicted molar refractivity (Wildman–Crippen MR) is 119 cm³/mol. The van der Waals surface area contributed by atoms with Gasteiger partial charge in [-0.05, 0) is 64.9 Å². The Hall–Kier alpha value is -2.75. The molecule has 1 amide bonds. The van der Waals surface area contributed by atoms with E-state index in [1.54, 1.807) is 23.1 Å². The van der Waals surface area contributed by atoms with Gasteiger partial charge in [0.25, 0.3) is 6.47 Å². The van der Waals surface area contributed by atoms with Gasteiger partial charge in [0.2, 0.25) is 0 Å². The van der Waals surface area contributed by atoms with Crippen molar-refractivity contribution in [2.24, 2.45) is 0 Å². The first-order chi connectivity index (χ1) is 14.3. The molecule has 162 valence electrons. The van der Waals surface area contributed by atoms with Crippen molar-refractivity contribution >= 4 is 30.4 Å². The van der Waals surface area contributed by atoms with E-state index < -0.39 is 6.09 Å². The van der Waals surface area contributed by atoms with Crippen molar-refractivity contribution in [1.29, 1.82) is 0 Å². The largest absolute Gasteiger partial charge is 0.429 e. The first kappa shape index (κ1) is 23.5. The zero-order valence-electron chi connectivity index (χ0n) is 17.8. The third kappa shape index (κ3) is 6.65. The number of carbonyl (C=O) groups excluding carboxylic acids is 2. The number of carbonyl (C=O) groups is 2. The van der Waals surface area contributed by atoms with E-state index in [1.807, 2.05) is 64.3 Å². The number of hydrogen-bond acceptors (Lipinski definition) is 8. The maximum absolute atomic E-state index is 12.5. The van der Waals surface area contributed by atoms with Crippen molar-refractivity contribution < 1.29 is 19.1 Å². The number of fused-ring (bicyclic) bond motifs is 1. The van der Waals surface area contributed by atoms with Gasteiger partial charge >= 0.3 is 6.09 Å². The Morgan fingerprint density at radius 1 is 1.23 bits per heavy atom. The molecule has 9 heteroatoms. The fourth-order valence-corrected chi connectivity index (χ4v) is 3.14. The number of anilines is 1. The Bertz CT molecular complexity index is 860. The van der Waals surface area contributed by atoms with Gasteiger partial charge in [-0.25, -0.2) is 9.52 Å². The van der Waals surface area contributed by atoms with E-state index in [2.05, 4.69) is 9.44 Å². The molecule has 0 spiro atoms. The smallest absolute Gasteiger partial charge is 0.416 e. The standard InChI is InChI=1S/C18H19N3O4S.C3H9N/c1-12-16-7-6-15(24-11-22)9-17(16)25-18(23)21(12)10-13-4-3-5-14(8-13)20-26-19-2;1-4(2)3/h3-9,11-12,19-20H,10H2,1-2H3;1-3H3. The van der Waals surface area contributed by atoms with Crippen LogP contribution in [0, 0.1) is 0 Å². The predicted octanol–water partition coefficient (Wildman–Crippen LogP) is 3.67. The highest BCUT2D eigenvalue weighted by Gasteiger charge is 2.31. The highest BCUT2D eigenvalue weighted by molar-refractivity contribution is 7.98. The molecule has 0 saturated heterocycles. The number of ether oxygens (including phenoxy) is 2. The average molecular weight is 433 g/mol. The quantitative estimate of drug-likeness (QED) is 0.507. The Morgan fingerprint density at radius 2 is 1.97 bits per heavy atom. The second kappa shape index (κ2) is 11.4. The van der Waals surface area contributed by atoms with Crippen molar-refractivity contribution in [3.05, 3.63) is 53.6 Å². The highest BCUT2D eigenvalue weighted by Crippen LogP contribution is 2.37. The van der Waals surface area contributed by atoms with Crippen LogP contribution < -0.4 is 18.9 Å². The molecule has 3 rings (SSSR count). The lowest BCUT2D eigenvalue weighted by Crippen LogP contribution is -2.39. The number of rotatable bonds is 7. The molecule has 1 aliphatic rings. The molecule has 2 N–H and O–H groups in total. The van der Waals surface area contributed by atoms with Gasteiger partial charge in [0.15, 0.2) is 0 Å².